The summed E-state index contributed by atoms with van der Waals surface area (Å²) in [5.41, 5.74) is 2.44. The maximum absolute atomic E-state index is 12.4. The van der Waals surface area contributed by atoms with E-state index in [2.05, 4.69) is 27.3 Å². The third-order valence-corrected chi connectivity index (χ3v) is 3.94. The highest BCUT2D eigenvalue weighted by Gasteiger charge is 2.10. The highest BCUT2D eigenvalue weighted by Crippen LogP contribution is 2.21. The molecule has 0 spiro atoms. The minimum Gasteiger partial charge on any atom is -0.322 e. The van der Waals surface area contributed by atoms with Crippen molar-refractivity contribution in [1.82, 2.24) is 0 Å². The van der Waals surface area contributed by atoms with Crippen molar-refractivity contribution < 1.29 is 4.79 Å². The molecule has 1 N–H and O–H groups in total. The van der Waals surface area contributed by atoms with Crippen molar-refractivity contribution in [2.75, 3.05) is 5.32 Å². The Bertz CT molecular complexity index is 826. The molecule has 3 rings (SSSR count). The van der Waals surface area contributed by atoms with Gasteiger partial charge < -0.3 is 5.32 Å². The van der Waals surface area contributed by atoms with Gasteiger partial charge in [0.2, 0.25) is 0 Å². The number of fused-ring (bicyclic) bond motifs is 1. The number of benzene rings is 3. The summed E-state index contributed by atoms with van der Waals surface area (Å²) in [6.45, 7) is 1.93. The van der Waals surface area contributed by atoms with E-state index in [1.165, 1.54) is 0 Å². The fourth-order valence-electron chi connectivity index (χ4n) is 2.30. The van der Waals surface area contributed by atoms with Crippen LogP contribution in [0.2, 0.25) is 0 Å². The molecule has 104 valence electrons. The Kier molecular flexibility index (Phi) is 3.76. The molecule has 0 saturated carbocycles. The molecule has 21 heavy (non-hydrogen) atoms. The molecule has 0 unspecified atom stereocenters. The van der Waals surface area contributed by atoms with Gasteiger partial charge in [-0.15, -0.1) is 0 Å². The maximum Gasteiger partial charge on any atom is 0.255 e. The van der Waals surface area contributed by atoms with Crippen LogP contribution in [0.4, 0.5) is 5.69 Å². The fraction of sp³-hybridized carbons (Fsp3) is 0.0556. The lowest BCUT2D eigenvalue weighted by atomic mass is 10.1. The normalized spacial score (nSPS) is 10.6. The quantitative estimate of drug-likeness (QED) is 0.686. The Hall–Kier alpha value is -2.13. The molecule has 2 nitrogen and oxygen atoms in total. The van der Waals surface area contributed by atoms with E-state index < -0.39 is 0 Å². The average molecular weight is 340 g/mol. The number of anilines is 1. The van der Waals surface area contributed by atoms with E-state index in [-0.39, 0.29) is 5.91 Å². The largest absolute Gasteiger partial charge is 0.322 e. The third-order valence-electron chi connectivity index (χ3n) is 3.45. The molecule has 0 aliphatic rings. The molecular formula is C18H14BrNO. The number of carbonyl (C=O) groups excluding carboxylic acids is 1. The first-order valence-corrected chi connectivity index (χ1v) is 7.49. The van der Waals surface area contributed by atoms with Crippen LogP contribution in [-0.4, -0.2) is 5.91 Å². The van der Waals surface area contributed by atoms with Crippen LogP contribution in [0, 0.1) is 6.92 Å². The van der Waals surface area contributed by atoms with E-state index in [0.29, 0.717) is 5.56 Å². The van der Waals surface area contributed by atoms with Gasteiger partial charge in [0, 0.05) is 15.7 Å². The summed E-state index contributed by atoms with van der Waals surface area (Å²) in [4.78, 5) is 12.4. The van der Waals surface area contributed by atoms with E-state index >= 15 is 0 Å². The first kappa shape index (κ1) is 13.8. The summed E-state index contributed by atoms with van der Waals surface area (Å²) >= 11 is 3.40. The number of amides is 1. The molecule has 3 aromatic carbocycles. The molecule has 3 heteroatoms. The van der Waals surface area contributed by atoms with Gasteiger partial charge in [-0.2, -0.15) is 0 Å². The second kappa shape index (κ2) is 5.70. The highest BCUT2D eigenvalue weighted by molar-refractivity contribution is 9.10. The lowest BCUT2D eigenvalue weighted by Gasteiger charge is -2.09. The summed E-state index contributed by atoms with van der Waals surface area (Å²) in [7, 11) is 0. The Morgan fingerprint density at radius 1 is 0.952 bits per heavy atom. The SMILES string of the molecule is Cc1ccc(Br)cc1C(=O)Nc1ccc2ccccc2c1. The van der Waals surface area contributed by atoms with Crippen LogP contribution in [-0.2, 0) is 0 Å². The van der Waals surface area contributed by atoms with Crippen LogP contribution in [0.3, 0.4) is 0 Å². The van der Waals surface area contributed by atoms with Crippen molar-refractivity contribution in [3.8, 4) is 0 Å². The lowest BCUT2D eigenvalue weighted by Crippen LogP contribution is -2.13. The van der Waals surface area contributed by atoms with Gasteiger partial charge in [-0.1, -0.05) is 52.3 Å². The monoisotopic (exact) mass is 339 g/mol. The van der Waals surface area contributed by atoms with Crippen molar-refractivity contribution >= 4 is 38.3 Å². The number of hydrogen-bond donors (Lipinski definition) is 1. The molecule has 0 saturated heterocycles. The molecule has 0 bridgehead atoms. The van der Waals surface area contributed by atoms with Gasteiger partial charge in [0.25, 0.3) is 5.91 Å². The van der Waals surface area contributed by atoms with E-state index in [4.69, 9.17) is 0 Å². The number of aryl methyl sites for hydroxylation is 1. The van der Waals surface area contributed by atoms with E-state index in [1.54, 1.807) is 0 Å². The Morgan fingerprint density at radius 3 is 2.52 bits per heavy atom. The van der Waals surface area contributed by atoms with Crippen LogP contribution < -0.4 is 5.32 Å². The molecule has 1 amide bonds. The van der Waals surface area contributed by atoms with Crippen LogP contribution in [0.15, 0.2) is 65.1 Å². The molecule has 0 atom stereocenters. The molecule has 0 radical (unpaired) electrons. The number of rotatable bonds is 2. The van der Waals surface area contributed by atoms with E-state index in [9.17, 15) is 4.79 Å². The average Bonchev–Trinajstić information content (AvgIpc) is 2.49. The van der Waals surface area contributed by atoms with E-state index in [0.717, 1.165) is 26.5 Å². The van der Waals surface area contributed by atoms with Crippen molar-refractivity contribution in [2.24, 2.45) is 0 Å². The second-order valence-electron chi connectivity index (χ2n) is 4.98. The number of nitrogens with one attached hydrogen (secondary N) is 1. The summed E-state index contributed by atoms with van der Waals surface area (Å²) in [5, 5.41) is 5.23. The van der Waals surface area contributed by atoms with Crippen molar-refractivity contribution in [3.05, 3.63) is 76.3 Å². The van der Waals surface area contributed by atoms with Gasteiger partial charge in [0.1, 0.15) is 0 Å². The Morgan fingerprint density at radius 2 is 1.71 bits per heavy atom. The van der Waals surface area contributed by atoms with Crippen LogP contribution in [0.5, 0.6) is 0 Å². The topological polar surface area (TPSA) is 29.1 Å². The van der Waals surface area contributed by atoms with Crippen LogP contribution >= 0.6 is 15.9 Å². The van der Waals surface area contributed by atoms with Gasteiger partial charge in [-0.25, -0.2) is 0 Å². The van der Waals surface area contributed by atoms with Crippen LogP contribution in [0.25, 0.3) is 10.8 Å². The summed E-state index contributed by atoms with van der Waals surface area (Å²) in [6.07, 6.45) is 0. The Labute approximate surface area is 131 Å². The summed E-state index contributed by atoms with van der Waals surface area (Å²) in [6, 6.07) is 19.7. The number of halogens is 1. The molecule has 0 heterocycles. The highest BCUT2D eigenvalue weighted by atomic mass is 79.9. The van der Waals surface area contributed by atoms with Crippen molar-refractivity contribution in [3.63, 3.8) is 0 Å². The third kappa shape index (κ3) is 2.98. The first-order chi connectivity index (χ1) is 10.1. The molecule has 0 aliphatic carbocycles. The zero-order chi connectivity index (χ0) is 14.8. The van der Waals surface area contributed by atoms with E-state index in [1.807, 2.05) is 61.5 Å². The molecular weight excluding hydrogens is 326 g/mol. The minimum atomic E-state index is -0.0934. The minimum absolute atomic E-state index is 0.0934. The number of carbonyl (C=O) groups is 1. The smallest absolute Gasteiger partial charge is 0.255 e. The Balaban J connectivity index is 1.90. The molecule has 0 aliphatic heterocycles. The van der Waals surface area contributed by atoms with Gasteiger partial charge >= 0.3 is 0 Å². The van der Waals surface area contributed by atoms with Gasteiger partial charge in [-0.05, 0) is 47.5 Å². The summed E-state index contributed by atoms with van der Waals surface area (Å²) < 4.78 is 0.900. The standard InChI is InChI=1S/C18H14BrNO/c1-12-6-8-15(19)11-17(12)18(21)20-16-9-7-13-4-2-3-5-14(13)10-16/h2-11H,1H3,(H,20,21). The second-order valence-corrected chi connectivity index (χ2v) is 5.89. The predicted octanol–water partition coefficient (Wildman–Crippen LogP) is 5.16. The van der Waals surface area contributed by atoms with Gasteiger partial charge in [-0.3, -0.25) is 4.79 Å². The van der Waals surface area contributed by atoms with Crippen molar-refractivity contribution in [2.45, 2.75) is 6.92 Å². The summed E-state index contributed by atoms with van der Waals surface area (Å²) in [5.74, 6) is -0.0934. The van der Waals surface area contributed by atoms with Crippen LogP contribution in [0.1, 0.15) is 15.9 Å². The van der Waals surface area contributed by atoms with Gasteiger partial charge in [0.15, 0.2) is 0 Å². The zero-order valence-electron chi connectivity index (χ0n) is 11.6. The van der Waals surface area contributed by atoms with Gasteiger partial charge in [0.05, 0.1) is 0 Å². The molecule has 0 aromatic heterocycles. The maximum atomic E-state index is 12.4. The van der Waals surface area contributed by atoms with Crippen molar-refractivity contribution in [1.29, 1.82) is 0 Å². The zero-order valence-corrected chi connectivity index (χ0v) is 13.1. The fourth-order valence-corrected chi connectivity index (χ4v) is 2.67. The molecule has 0 fully saturated rings. The lowest BCUT2D eigenvalue weighted by molar-refractivity contribution is 0.102. The predicted molar refractivity (Wildman–Crippen MR) is 90.8 cm³/mol. The first-order valence-electron chi connectivity index (χ1n) is 6.70. The molecule has 3 aromatic rings. The number of hydrogen-bond acceptors (Lipinski definition) is 1.